The molecular weight excluding hydrogens is 264 g/mol. The number of nitrogens with two attached hydrogens (primary N) is 1. The van der Waals surface area contributed by atoms with Gasteiger partial charge < -0.3 is 15.7 Å². The lowest BCUT2D eigenvalue weighted by Crippen LogP contribution is -2.48. The second kappa shape index (κ2) is 6.94. The van der Waals surface area contributed by atoms with Crippen LogP contribution in [0.2, 0.25) is 0 Å². The zero-order valence-corrected chi connectivity index (χ0v) is 13.0. The van der Waals surface area contributed by atoms with E-state index >= 15 is 0 Å². The number of carbonyl (C=O) groups excluding carboxylic acids is 1. The van der Waals surface area contributed by atoms with Crippen LogP contribution in [0.4, 0.5) is 0 Å². The molecule has 1 aliphatic carbocycles. The second-order valence-corrected chi connectivity index (χ2v) is 6.34. The van der Waals surface area contributed by atoms with Crippen LogP contribution in [0.5, 0.6) is 5.75 Å². The summed E-state index contributed by atoms with van der Waals surface area (Å²) < 4.78 is 0. The van der Waals surface area contributed by atoms with E-state index in [1.807, 2.05) is 24.1 Å². The van der Waals surface area contributed by atoms with E-state index in [0.29, 0.717) is 12.5 Å². The van der Waals surface area contributed by atoms with Crippen LogP contribution in [0.15, 0.2) is 24.3 Å². The second-order valence-electron chi connectivity index (χ2n) is 6.34. The average molecular weight is 290 g/mol. The van der Waals surface area contributed by atoms with Gasteiger partial charge in [0.2, 0.25) is 5.91 Å². The van der Waals surface area contributed by atoms with Crippen LogP contribution in [0.25, 0.3) is 0 Å². The number of rotatable bonds is 4. The Hall–Kier alpha value is -1.55. The molecule has 4 nitrogen and oxygen atoms in total. The van der Waals surface area contributed by atoms with E-state index in [-0.39, 0.29) is 11.7 Å². The number of phenols is 1. The minimum absolute atomic E-state index is 0.0163. The van der Waals surface area contributed by atoms with Gasteiger partial charge in [-0.25, -0.2) is 0 Å². The maximum Gasteiger partial charge on any atom is 0.239 e. The Bertz CT molecular complexity index is 464. The van der Waals surface area contributed by atoms with Gasteiger partial charge >= 0.3 is 0 Å². The van der Waals surface area contributed by atoms with Crippen molar-refractivity contribution in [3.8, 4) is 5.75 Å². The van der Waals surface area contributed by atoms with Gasteiger partial charge in [-0.05, 0) is 55.7 Å². The smallest absolute Gasteiger partial charge is 0.239 e. The van der Waals surface area contributed by atoms with Gasteiger partial charge in [0.15, 0.2) is 0 Å². The lowest BCUT2D eigenvalue weighted by Gasteiger charge is -2.35. The van der Waals surface area contributed by atoms with E-state index < -0.39 is 6.04 Å². The molecule has 1 atom stereocenters. The highest BCUT2D eigenvalue weighted by atomic mass is 16.3. The van der Waals surface area contributed by atoms with E-state index in [2.05, 4.69) is 6.92 Å². The van der Waals surface area contributed by atoms with Gasteiger partial charge in [-0.3, -0.25) is 4.79 Å². The summed E-state index contributed by atoms with van der Waals surface area (Å²) in [7, 11) is 1.87. The van der Waals surface area contributed by atoms with Crippen molar-refractivity contribution in [2.75, 3.05) is 7.05 Å². The molecule has 0 heterocycles. The van der Waals surface area contributed by atoms with Crippen molar-refractivity contribution in [3.05, 3.63) is 29.8 Å². The molecule has 2 rings (SSSR count). The van der Waals surface area contributed by atoms with Gasteiger partial charge in [-0.1, -0.05) is 19.1 Å². The Balaban J connectivity index is 1.90. The van der Waals surface area contributed by atoms with Crippen molar-refractivity contribution in [1.82, 2.24) is 4.90 Å². The first-order valence-electron chi connectivity index (χ1n) is 7.77. The van der Waals surface area contributed by atoms with Crippen molar-refractivity contribution in [3.63, 3.8) is 0 Å². The molecule has 1 aromatic carbocycles. The lowest BCUT2D eigenvalue weighted by molar-refractivity contribution is -0.134. The normalized spacial score (nSPS) is 23.6. The van der Waals surface area contributed by atoms with Crippen LogP contribution >= 0.6 is 0 Å². The van der Waals surface area contributed by atoms with E-state index in [4.69, 9.17) is 5.73 Å². The highest BCUT2D eigenvalue weighted by Crippen LogP contribution is 2.26. The fourth-order valence-electron chi connectivity index (χ4n) is 3.04. The minimum atomic E-state index is -0.515. The number of benzene rings is 1. The summed E-state index contributed by atoms with van der Waals surface area (Å²) in [5.74, 6) is 1.02. The number of likely N-dealkylation sites (N-methyl/N-ethyl adjacent to an activating group) is 1. The molecule has 0 saturated heterocycles. The molecule has 21 heavy (non-hydrogen) atoms. The van der Waals surface area contributed by atoms with Gasteiger partial charge in [-0.15, -0.1) is 0 Å². The molecule has 1 aromatic rings. The fraction of sp³-hybridized carbons (Fsp3) is 0.588. The summed E-state index contributed by atoms with van der Waals surface area (Å²) in [4.78, 5) is 14.3. The van der Waals surface area contributed by atoms with Crippen LogP contribution in [0, 0.1) is 5.92 Å². The highest BCUT2D eigenvalue weighted by Gasteiger charge is 2.27. The molecule has 1 aliphatic rings. The molecule has 1 unspecified atom stereocenters. The minimum Gasteiger partial charge on any atom is -0.508 e. The van der Waals surface area contributed by atoms with Gasteiger partial charge in [0, 0.05) is 13.1 Å². The summed E-state index contributed by atoms with van der Waals surface area (Å²) in [6.07, 6.45) is 5.04. The van der Waals surface area contributed by atoms with Gasteiger partial charge in [0.05, 0.1) is 6.04 Å². The molecule has 1 amide bonds. The van der Waals surface area contributed by atoms with Crippen LogP contribution < -0.4 is 5.73 Å². The van der Waals surface area contributed by atoms with Crippen molar-refractivity contribution in [2.24, 2.45) is 11.7 Å². The Labute approximate surface area is 126 Å². The standard InChI is InChI=1S/C17H26N2O2/c1-12-3-7-14(8-4-12)19(2)17(21)16(18)11-13-5-9-15(20)10-6-13/h5-6,9-10,12,14,16,20H,3-4,7-8,11,18H2,1-2H3. The third-order valence-electron chi connectivity index (χ3n) is 4.59. The number of hydrogen-bond acceptors (Lipinski definition) is 3. The molecule has 3 N–H and O–H groups in total. The lowest BCUT2D eigenvalue weighted by atomic mass is 9.86. The monoisotopic (exact) mass is 290 g/mol. The van der Waals surface area contributed by atoms with Crippen LogP contribution in [-0.4, -0.2) is 35.0 Å². The molecule has 1 fully saturated rings. The van der Waals surface area contributed by atoms with Gasteiger partial charge in [0.1, 0.15) is 5.75 Å². The Kier molecular flexibility index (Phi) is 5.23. The average Bonchev–Trinajstić information content (AvgIpc) is 2.49. The van der Waals surface area contributed by atoms with Crippen LogP contribution in [0.1, 0.15) is 38.2 Å². The third kappa shape index (κ3) is 4.21. The first kappa shape index (κ1) is 15.8. The topological polar surface area (TPSA) is 66.6 Å². The van der Waals surface area contributed by atoms with Gasteiger partial charge in [0.25, 0.3) is 0 Å². The first-order valence-corrected chi connectivity index (χ1v) is 7.77. The summed E-state index contributed by atoms with van der Waals surface area (Å²) in [6.45, 7) is 2.27. The molecule has 0 aliphatic heterocycles. The fourth-order valence-corrected chi connectivity index (χ4v) is 3.04. The van der Waals surface area contributed by atoms with Gasteiger partial charge in [-0.2, -0.15) is 0 Å². The molecule has 0 spiro atoms. The predicted octanol–water partition coefficient (Wildman–Crippen LogP) is 2.30. The zero-order chi connectivity index (χ0) is 15.4. The number of nitrogens with zero attached hydrogens (tertiary/aromatic N) is 1. The third-order valence-corrected chi connectivity index (χ3v) is 4.59. The Morgan fingerprint density at radius 3 is 2.43 bits per heavy atom. The SMILES string of the molecule is CC1CCC(N(C)C(=O)C(N)Cc2ccc(O)cc2)CC1. The van der Waals surface area contributed by atoms with E-state index in [1.54, 1.807) is 12.1 Å². The maximum absolute atomic E-state index is 12.4. The van der Waals surface area contributed by atoms with Crippen LogP contribution in [0.3, 0.4) is 0 Å². The number of carbonyl (C=O) groups is 1. The molecular formula is C17H26N2O2. The zero-order valence-electron chi connectivity index (χ0n) is 13.0. The summed E-state index contributed by atoms with van der Waals surface area (Å²) in [6, 6.07) is 6.69. The molecule has 116 valence electrons. The summed E-state index contributed by atoms with van der Waals surface area (Å²) in [5, 5.41) is 9.27. The van der Waals surface area contributed by atoms with E-state index in [0.717, 1.165) is 24.3 Å². The number of amides is 1. The maximum atomic E-state index is 12.4. The number of phenolic OH excluding ortho intramolecular Hbond substituents is 1. The predicted molar refractivity (Wildman–Crippen MR) is 84.0 cm³/mol. The van der Waals surface area contributed by atoms with Crippen molar-refractivity contribution in [2.45, 2.75) is 51.1 Å². The number of hydrogen-bond donors (Lipinski definition) is 2. The Morgan fingerprint density at radius 1 is 1.29 bits per heavy atom. The number of aromatic hydroxyl groups is 1. The van der Waals surface area contributed by atoms with E-state index in [1.165, 1.54) is 12.8 Å². The summed E-state index contributed by atoms with van der Waals surface area (Å²) >= 11 is 0. The van der Waals surface area contributed by atoms with Crippen molar-refractivity contribution < 1.29 is 9.90 Å². The molecule has 0 bridgehead atoms. The molecule has 4 heteroatoms. The molecule has 0 aromatic heterocycles. The van der Waals surface area contributed by atoms with E-state index in [9.17, 15) is 9.90 Å². The van der Waals surface area contributed by atoms with Crippen LogP contribution in [-0.2, 0) is 11.2 Å². The highest BCUT2D eigenvalue weighted by molar-refractivity contribution is 5.82. The summed E-state index contributed by atoms with van der Waals surface area (Å²) in [5.41, 5.74) is 7.04. The largest absolute Gasteiger partial charge is 0.508 e. The Morgan fingerprint density at radius 2 is 1.86 bits per heavy atom. The van der Waals surface area contributed by atoms with Crippen molar-refractivity contribution >= 4 is 5.91 Å². The van der Waals surface area contributed by atoms with Crippen molar-refractivity contribution in [1.29, 1.82) is 0 Å². The molecule has 0 radical (unpaired) electrons. The quantitative estimate of drug-likeness (QED) is 0.894. The molecule has 1 saturated carbocycles. The first-order chi connectivity index (χ1) is 9.97.